The summed E-state index contributed by atoms with van der Waals surface area (Å²) in [5, 5.41) is 12.3. The van der Waals surface area contributed by atoms with Gasteiger partial charge in [0.15, 0.2) is 0 Å². The Kier molecular flexibility index (Phi) is 4.26. The van der Waals surface area contributed by atoms with Gasteiger partial charge in [-0.3, -0.25) is 9.78 Å². The molecule has 2 rings (SSSR count). The number of aromatic nitrogens is 1. The van der Waals surface area contributed by atoms with E-state index >= 15 is 0 Å². The van der Waals surface area contributed by atoms with E-state index in [0.29, 0.717) is 12.8 Å². The zero-order chi connectivity index (χ0) is 10.7. The van der Waals surface area contributed by atoms with Gasteiger partial charge in [0.1, 0.15) is 5.54 Å². The quantitative estimate of drug-likeness (QED) is 0.838. The molecule has 1 aliphatic rings. The van der Waals surface area contributed by atoms with Crippen molar-refractivity contribution < 1.29 is 9.90 Å². The van der Waals surface area contributed by atoms with Crippen LogP contribution in [0, 0.1) is 0 Å². The van der Waals surface area contributed by atoms with Crippen LogP contribution in [0.15, 0.2) is 24.4 Å². The molecule has 1 aromatic heterocycles. The summed E-state index contributed by atoms with van der Waals surface area (Å²) in [7, 11) is 0. The van der Waals surface area contributed by atoms with Crippen molar-refractivity contribution in [2.45, 2.75) is 24.8 Å². The van der Waals surface area contributed by atoms with Gasteiger partial charge in [-0.15, -0.1) is 12.4 Å². The number of hydrogen-bond donors (Lipinski definition) is 2. The molecule has 88 valence electrons. The van der Waals surface area contributed by atoms with E-state index in [1.807, 2.05) is 18.2 Å². The largest absolute Gasteiger partial charge is 0.480 e. The summed E-state index contributed by atoms with van der Waals surface area (Å²) in [5.41, 5.74) is 0.0308. The predicted molar refractivity (Wildman–Crippen MR) is 62.8 cm³/mol. The Morgan fingerprint density at radius 3 is 2.88 bits per heavy atom. The third-order valence-electron chi connectivity index (χ3n) is 2.86. The SMILES string of the molecule is Cl.O=C(O)[C@]1(Cc2ccccn2)CCCN1. The molecule has 0 amide bonds. The third-order valence-corrected chi connectivity index (χ3v) is 2.86. The molecule has 0 bridgehead atoms. The van der Waals surface area contributed by atoms with Crippen LogP contribution >= 0.6 is 12.4 Å². The van der Waals surface area contributed by atoms with Crippen molar-refractivity contribution >= 4 is 18.4 Å². The van der Waals surface area contributed by atoms with Gasteiger partial charge >= 0.3 is 5.97 Å². The van der Waals surface area contributed by atoms with Gasteiger partial charge in [-0.1, -0.05) is 6.07 Å². The molecule has 1 fully saturated rings. The van der Waals surface area contributed by atoms with Crippen LogP contribution in [0.1, 0.15) is 18.5 Å². The highest BCUT2D eigenvalue weighted by Crippen LogP contribution is 2.23. The van der Waals surface area contributed by atoms with Gasteiger partial charge in [0.05, 0.1) is 0 Å². The second-order valence-corrected chi connectivity index (χ2v) is 3.92. The highest BCUT2D eigenvalue weighted by molar-refractivity contribution is 5.85. The molecule has 0 aromatic carbocycles. The van der Waals surface area contributed by atoms with Gasteiger partial charge in [0.2, 0.25) is 0 Å². The second kappa shape index (κ2) is 5.27. The Balaban J connectivity index is 0.00000128. The summed E-state index contributed by atoms with van der Waals surface area (Å²) in [6.45, 7) is 0.777. The van der Waals surface area contributed by atoms with Crippen LogP contribution in [0.5, 0.6) is 0 Å². The molecule has 0 aliphatic carbocycles. The summed E-state index contributed by atoms with van der Waals surface area (Å²) >= 11 is 0. The van der Waals surface area contributed by atoms with E-state index in [1.54, 1.807) is 6.20 Å². The van der Waals surface area contributed by atoms with Crippen LogP contribution < -0.4 is 5.32 Å². The standard InChI is InChI=1S/C11H14N2O2.ClH/c14-10(15)11(5-3-7-13-11)8-9-4-1-2-6-12-9;/h1-2,4,6,13H,3,5,7-8H2,(H,14,15);1H/t11-;/m1./s1. The lowest BCUT2D eigenvalue weighted by Gasteiger charge is -2.23. The van der Waals surface area contributed by atoms with Crippen molar-refractivity contribution in [1.29, 1.82) is 0 Å². The highest BCUT2D eigenvalue weighted by atomic mass is 35.5. The zero-order valence-electron chi connectivity index (χ0n) is 8.85. The molecular formula is C11H15ClN2O2. The van der Waals surface area contributed by atoms with E-state index in [0.717, 1.165) is 18.7 Å². The Hall–Kier alpha value is -1.13. The predicted octanol–water partition coefficient (Wildman–Crippen LogP) is 1.25. The maximum atomic E-state index is 11.2. The number of aliphatic carboxylic acids is 1. The Morgan fingerprint density at radius 2 is 2.38 bits per heavy atom. The average molecular weight is 243 g/mol. The number of carboxylic acid groups (broad SMARTS) is 1. The highest BCUT2D eigenvalue weighted by Gasteiger charge is 2.41. The number of pyridine rings is 1. The summed E-state index contributed by atoms with van der Waals surface area (Å²) < 4.78 is 0. The molecule has 16 heavy (non-hydrogen) atoms. The minimum absolute atomic E-state index is 0. The van der Waals surface area contributed by atoms with Crippen LogP contribution in [0.2, 0.25) is 0 Å². The minimum Gasteiger partial charge on any atom is -0.480 e. The normalized spacial score (nSPS) is 23.8. The third kappa shape index (κ3) is 2.51. The van der Waals surface area contributed by atoms with Crippen LogP contribution in [-0.2, 0) is 11.2 Å². The summed E-state index contributed by atoms with van der Waals surface area (Å²) in [6.07, 6.45) is 3.75. The first-order valence-electron chi connectivity index (χ1n) is 5.11. The first-order valence-corrected chi connectivity index (χ1v) is 5.11. The summed E-state index contributed by atoms with van der Waals surface area (Å²) in [6, 6.07) is 5.58. The lowest BCUT2D eigenvalue weighted by Crippen LogP contribution is -2.49. The van der Waals surface area contributed by atoms with Crippen molar-refractivity contribution in [3.05, 3.63) is 30.1 Å². The van der Waals surface area contributed by atoms with Gasteiger partial charge in [-0.2, -0.15) is 0 Å². The van der Waals surface area contributed by atoms with E-state index in [2.05, 4.69) is 10.3 Å². The van der Waals surface area contributed by atoms with Gasteiger partial charge < -0.3 is 10.4 Å². The van der Waals surface area contributed by atoms with E-state index in [4.69, 9.17) is 0 Å². The van der Waals surface area contributed by atoms with Crippen molar-refractivity contribution in [1.82, 2.24) is 10.3 Å². The van der Waals surface area contributed by atoms with Gasteiger partial charge in [-0.25, -0.2) is 0 Å². The van der Waals surface area contributed by atoms with Crippen molar-refractivity contribution in [3.63, 3.8) is 0 Å². The van der Waals surface area contributed by atoms with Crippen molar-refractivity contribution in [2.24, 2.45) is 0 Å². The lowest BCUT2D eigenvalue weighted by molar-refractivity contribution is -0.144. The van der Waals surface area contributed by atoms with Crippen LogP contribution in [0.4, 0.5) is 0 Å². The number of nitrogens with zero attached hydrogens (tertiary/aromatic N) is 1. The molecule has 5 heteroatoms. The Bertz CT molecular complexity index is 350. The monoisotopic (exact) mass is 242 g/mol. The maximum absolute atomic E-state index is 11.2. The van der Waals surface area contributed by atoms with E-state index in [1.165, 1.54) is 0 Å². The summed E-state index contributed by atoms with van der Waals surface area (Å²) in [4.78, 5) is 15.4. The van der Waals surface area contributed by atoms with Gasteiger partial charge in [0, 0.05) is 18.3 Å². The number of carboxylic acids is 1. The molecule has 0 saturated carbocycles. The van der Waals surface area contributed by atoms with Gasteiger partial charge in [-0.05, 0) is 31.5 Å². The average Bonchev–Trinajstić information content (AvgIpc) is 2.69. The fraction of sp³-hybridized carbons (Fsp3) is 0.455. The molecular weight excluding hydrogens is 228 g/mol. The van der Waals surface area contributed by atoms with E-state index < -0.39 is 11.5 Å². The molecule has 0 spiro atoms. The maximum Gasteiger partial charge on any atom is 0.324 e. The molecule has 1 aliphatic heterocycles. The fourth-order valence-electron chi connectivity index (χ4n) is 2.03. The van der Waals surface area contributed by atoms with Crippen LogP contribution in [0.3, 0.4) is 0 Å². The lowest BCUT2D eigenvalue weighted by atomic mass is 9.91. The minimum atomic E-state index is -0.797. The smallest absolute Gasteiger partial charge is 0.324 e. The number of carbonyl (C=O) groups is 1. The first kappa shape index (κ1) is 12.9. The van der Waals surface area contributed by atoms with E-state index in [9.17, 15) is 9.90 Å². The topological polar surface area (TPSA) is 62.2 Å². The Labute approximate surface area is 100 Å². The van der Waals surface area contributed by atoms with Crippen LogP contribution in [0.25, 0.3) is 0 Å². The molecule has 1 aromatic rings. The van der Waals surface area contributed by atoms with Crippen molar-refractivity contribution in [2.75, 3.05) is 6.54 Å². The second-order valence-electron chi connectivity index (χ2n) is 3.92. The molecule has 1 atom stereocenters. The number of hydrogen-bond acceptors (Lipinski definition) is 3. The Morgan fingerprint density at radius 1 is 1.56 bits per heavy atom. The number of rotatable bonds is 3. The van der Waals surface area contributed by atoms with E-state index in [-0.39, 0.29) is 12.4 Å². The van der Waals surface area contributed by atoms with Crippen molar-refractivity contribution in [3.8, 4) is 0 Å². The molecule has 2 N–H and O–H groups in total. The summed E-state index contributed by atoms with van der Waals surface area (Å²) in [5.74, 6) is -0.773. The number of halogens is 1. The van der Waals surface area contributed by atoms with Gasteiger partial charge in [0.25, 0.3) is 0 Å². The molecule has 0 unspecified atom stereocenters. The number of nitrogens with one attached hydrogen (secondary N) is 1. The van der Waals surface area contributed by atoms with Crippen LogP contribution in [-0.4, -0.2) is 28.1 Å². The molecule has 4 nitrogen and oxygen atoms in total. The first-order chi connectivity index (χ1) is 7.23. The molecule has 1 saturated heterocycles. The zero-order valence-corrected chi connectivity index (χ0v) is 9.67. The molecule has 0 radical (unpaired) electrons. The fourth-order valence-corrected chi connectivity index (χ4v) is 2.03. The molecule has 2 heterocycles.